The standard InChI is InChI=1S/C15H20I3NO2/c1-9(2)19(10(3)4)5-6-21-15(20)12-7-11(16)8-13(17)14(12)18/h7-10H,5-6H2,1-4H3. The van der Waals surface area contributed by atoms with Gasteiger partial charge >= 0.3 is 5.97 Å². The summed E-state index contributed by atoms with van der Waals surface area (Å²) in [5, 5.41) is 0. The normalized spacial score (nSPS) is 11.5. The molecule has 0 aliphatic heterocycles. The number of nitrogens with zero attached hydrogens (tertiary/aromatic N) is 1. The van der Waals surface area contributed by atoms with Crippen molar-refractivity contribution >= 4 is 73.7 Å². The third kappa shape index (κ3) is 6.09. The predicted molar refractivity (Wildman–Crippen MR) is 112 cm³/mol. The third-order valence-corrected chi connectivity index (χ3v) is 6.79. The molecule has 0 atom stereocenters. The van der Waals surface area contributed by atoms with Gasteiger partial charge in [-0.15, -0.1) is 0 Å². The predicted octanol–water partition coefficient (Wildman–Crippen LogP) is 4.78. The largest absolute Gasteiger partial charge is 0.461 e. The van der Waals surface area contributed by atoms with Gasteiger partial charge in [0.2, 0.25) is 0 Å². The summed E-state index contributed by atoms with van der Waals surface area (Å²) in [7, 11) is 0. The van der Waals surface area contributed by atoms with Gasteiger partial charge in [-0.2, -0.15) is 0 Å². The van der Waals surface area contributed by atoms with Crippen molar-refractivity contribution in [3.63, 3.8) is 0 Å². The maximum absolute atomic E-state index is 12.2. The fourth-order valence-electron chi connectivity index (χ4n) is 2.14. The fraction of sp³-hybridized carbons (Fsp3) is 0.533. The molecule has 0 heterocycles. The lowest BCUT2D eigenvalue weighted by Gasteiger charge is -2.30. The van der Waals surface area contributed by atoms with Crippen LogP contribution in [0.25, 0.3) is 0 Å². The lowest BCUT2D eigenvalue weighted by molar-refractivity contribution is 0.0416. The number of carbonyl (C=O) groups excluding carboxylic acids is 1. The lowest BCUT2D eigenvalue weighted by atomic mass is 10.2. The Hall–Kier alpha value is 0.840. The van der Waals surface area contributed by atoms with E-state index < -0.39 is 0 Å². The Balaban J connectivity index is 2.67. The number of ether oxygens (including phenoxy) is 1. The summed E-state index contributed by atoms with van der Waals surface area (Å²) in [6.07, 6.45) is 0. The average Bonchev–Trinajstić information content (AvgIpc) is 2.37. The van der Waals surface area contributed by atoms with Crippen LogP contribution < -0.4 is 0 Å². The number of benzene rings is 1. The molecule has 0 bridgehead atoms. The average molecular weight is 627 g/mol. The van der Waals surface area contributed by atoms with E-state index in [1.165, 1.54) is 0 Å². The molecule has 0 fully saturated rings. The number of halogens is 3. The highest BCUT2D eigenvalue weighted by atomic mass is 127. The van der Waals surface area contributed by atoms with Crippen LogP contribution in [0.3, 0.4) is 0 Å². The third-order valence-electron chi connectivity index (χ3n) is 3.12. The van der Waals surface area contributed by atoms with Gasteiger partial charge in [-0.25, -0.2) is 4.79 Å². The molecule has 0 amide bonds. The van der Waals surface area contributed by atoms with Gasteiger partial charge in [0.25, 0.3) is 0 Å². The van der Waals surface area contributed by atoms with Crippen LogP contribution in [-0.2, 0) is 4.74 Å². The van der Waals surface area contributed by atoms with Gasteiger partial charge in [-0.1, -0.05) is 0 Å². The Bertz CT molecular complexity index is 496. The van der Waals surface area contributed by atoms with Crippen molar-refractivity contribution in [2.24, 2.45) is 0 Å². The van der Waals surface area contributed by atoms with E-state index in [9.17, 15) is 4.79 Å². The summed E-state index contributed by atoms with van der Waals surface area (Å²) >= 11 is 6.67. The van der Waals surface area contributed by atoms with Gasteiger partial charge in [0.15, 0.2) is 0 Å². The van der Waals surface area contributed by atoms with E-state index in [-0.39, 0.29) is 5.97 Å². The van der Waals surface area contributed by atoms with Crippen LogP contribution in [0.4, 0.5) is 0 Å². The zero-order valence-electron chi connectivity index (χ0n) is 12.6. The van der Waals surface area contributed by atoms with Crippen LogP contribution in [0.15, 0.2) is 12.1 Å². The first-order chi connectivity index (χ1) is 9.73. The molecule has 1 rings (SSSR count). The quantitative estimate of drug-likeness (QED) is 0.259. The van der Waals surface area contributed by atoms with Crippen LogP contribution >= 0.6 is 67.8 Å². The second-order valence-electron chi connectivity index (χ2n) is 5.31. The Kier molecular flexibility index (Phi) is 8.72. The molecular weight excluding hydrogens is 607 g/mol. The van der Waals surface area contributed by atoms with Gasteiger partial charge in [0.1, 0.15) is 6.61 Å². The van der Waals surface area contributed by atoms with Crippen molar-refractivity contribution in [2.45, 2.75) is 39.8 Å². The van der Waals surface area contributed by atoms with Crippen LogP contribution in [0.5, 0.6) is 0 Å². The second-order valence-corrected chi connectivity index (χ2v) is 8.80. The van der Waals surface area contributed by atoms with Crippen molar-refractivity contribution in [2.75, 3.05) is 13.2 Å². The minimum absolute atomic E-state index is 0.233. The van der Waals surface area contributed by atoms with E-state index in [0.29, 0.717) is 24.3 Å². The maximum atomic E-state index is 12.2. The summed E-state index contributed by atoms with van der Waals surface area (Å²) in [4.78, 5) is 14.6. The molecule has 0 aromatic heterocycles. The molecule has 6 heteroatoms. The van der Waals surface area contributed by atoms with Crippen molar-refractivity contribution in [1.29, 1.82) is 0 Å². The van der Waals surface area contributed by atoms with E-state index >= 15 is 0 Å². The Morgan fingerprint density at radius 1 is 1.14 bits per heavy atom. The van der Waals surface area contributed by atoms with Crippen LogP contribution in [-0.4, -0.2) is 36.1 Å². The maximum Gasteiger partial charge on any atom is 0.339 e. The highest BCUT2D eigenvalue weighted by molar-refractivity contribution is 14.1. The van der Waals surface area contributed by atoms with Crippen molar-refractivity contribution in [3.05, 3.63) is 28.4 Å². The molecule has 0 saturated carbocycles. The van der Waals surface area contributed by atoms with Gasteiger partial charge in [0.05, 0.1) is 5.56 Å². The molecule has 0 N–H and O–H groups in total. The highest BCUT2D eigenvalue weighted by Crippen LogP contribution is 2.23. The van der Waals surface area contributed by atoms with E-state index in [4.69, 9.17) is 4.74 Å². The van der Waals surface area contributed by atoms with E-state index in [0.717, 1.165) is 17.3 Å². The Morgan fingerprint density at radius 3 is 2.24 bits per heavy atom. The van der Waals surface area contributed by atoms with Gasteiger partial charge in [-0.05, 0) is 108 Å². The summed E-state index contributed by atoms with van der Waals surface area (Å²) in [6, 6.07) is 4.83. The molecule has 0 unspecified atom stereocenters. The number of rotatable bonds is 6. The lowest BCUT2D eigenvalue weighted by Crippen LogP contribution is -2.39. The van der Waals surface area contributed by atoms with Crippen molar-refractivity contribution in [1.82, 2.24) is 4.90 Å². The van der Waals surface area contributed by atoms with E-state index in [1.807, 2.05) is 6.07 Å². The van der Waals surface area contributed by atoms with Crippen LogP contribution in [0.2, 0.25) is 0 Å². The summed E-state index contributed by atoms with van der Waals surface area (Å²) in [5.74, 6) is -0.233. The summed E-state index contributed by atoms with van der Waals surface area (Å²) in [6.45, 7) is 9.82. The summed E-state index contributed by atoms with van der Waals surface area (Å²) < 4.78 is 8.55. The van der Waals surface area contributed by atoms with E-state index in [2.05, 4.69) is 106 Å². The zero-order valence-corrected chi connectivity index (χ0v) is 19.1. The zero-order chi connectivity index (χ0) is 16.2. The van der Waals surface area contributed by atoms with Crippen molar-refractivity contribution < 1.29 is 9.53 Å². The topological polar surface area (TPSA) is 29.5 Å². The molecule has 0 aliphatic carbocycles. The molecule has 1 aromatic rings. The first kappa shape index (κ1) is 19.9. The number of hydrogen-bond acceptors (Lipinski definition) is 3. The molecule has 3 nitrogen and oxygen atoms in total. The number of carbonyl (C=O) groups is 1. The second kappa shape index (κ2) is 9.21. The molecule has 0 aliphatic rings. The molecule has 0 saturated heterocycles. The monoisotopic (exact) mass is 627 g/mol. The minimum atomic E-state index is -0.233. The minimum Gasteiger partial charge on any atom is -0.461 e. The van der Waals surface area contributed by atoms with Gasteiger partial charge in [-0.3, -0.25) is 4.90 Å². The Labute approximate surface area is 168 Å². The number of hydrogen-bond donors (Lipinski definition) is 0. The van der Waals surface area contributed by atoms with Crippen LogP contribution in [0.1, 0.15) is 38.1 Å². The molecular formula is C15H20I3NO2. The van der Waals surface area contributed by atoms with Crippen molar-refractivity contribution in [3.8, 4) is 0 Å². The highest BCUT2D eigenvalue weighted by Gasteiger charge is 2.17. The van der Waals surface area contributed by atoms with Crippen LogP contribution in [0, 0.1) is 10.7 Å². The van der Waals surface area contributed by atoms with Gasteiger partial charge in [0, 0.05) is 29.3 Å². The number of esters is 1. The smallest absolute Gasteiger partial charge is 0.339 e. The molecule has 118 valence electrons. The molecule has 0 radical (unpaired) electrons. The molecule has 0 spiro atoms. The fourth-order valence-corrected chi connectivity index (χ4v) is 4.52. The molecule has 21 heavy (non-hydrogen) atoms. The first-order valence-corrected chi connectivity index (χ1v) is 10.0. The SMILES string of the molecule is CC(C)N(CCOC(=O)c1cc(I)cc(I)c1I)C(C)C. The van der Waals surface area contributed by atoms with E-state index in [1.54, 1.807) is 0 Å². The first-order valence-electron chi connectivity index (χ1n) is 6.81. The summed E-state index contributed by atoms with van der Waals surface area (Å²) in [5.41, 5.74) is 0.660. The van der Waals surface area contributed by atoms with Gasteiger partial charge < -0.3 is 4.74 Å². The molecule has 1 aromatic carbocycles. The Morgan fingerprint density at radius 2 is 1.71 bits per heavy atom.